The molecule has 2 aromatic rings. The first kappa shape index (κ1) is 13.1. The number of nitrogens with zero attached hydrogens (tertiary/aromatic N) is 2. The van der Waals surface area contributed by atoms with E-state index in [-0.39, 0.29) is 5.91 Å². The molecule has 0 unspecified atom stereocenters. The molecule has 1 heterocycles. The Balaban J connectivity index is 2.19. The van der Waals surface area contributed by atoms with Crippen LogP contribution in [0.1, 0.15) is 19.4 Å². The molecule has 1 aromatic carbocycles. The van der Waals surface area contributed by atoms with Crippen LogP contribution >= 0.6 is 0 Å². The summed E-state index contributed by atoms with van der Waals surface area (Å²) in [5.74, 6) is 0.451. The normalized spacial score (nSPS) is 11.3. The second-order valence-corrected chi connectivity index (χ2v) is 5.08. The molecule has 1 aromatic heterocycles. The molecule has 0 aliphatic heterocycles. The highest BCUT2D eigenvalue weighted by Gasteiger charge is 2.30. The van der Waals surface area contributed by atoms with Crippen molar-refractivity contribution in [3.8, 4) is 0 Å². The number of nitrogen functional groups attached to an aromatic ring is 1. The van der Waals surface area contributed by atoms with Crippen LogP contribution in [0.15, 0.2) is 36.5 Å². The van der Waals surface area contributed by atoms with Crippen LogP contribution in [0.5, 0.6) is 0 Å². The zero-order chi connectivity index (χ0) is 14.0. The molecule has 0 atom stereocenters. The highest BCUT2D eigenvalue weighted by molar-refractivity contribution is 5.97. The van der Waals surface area contributed by atoms with Crippen LogP contribution in [0.2, 0.25) is 0 Å². The first-order valence-corrected chi connectivity index (χ1v) is 6.07. The summed E-state index contributed by atoms with van der Waals surface area (Å²) in [6.07, 6.45) is 1.78. The maximum absolute atomic E-state index is 12.3. The summed E-state index contributed by atoms with van der Waals surface area (Å²) in [5.41, 5.74) is 6.61. The van der Waals surface area contributed by atoms with Gasteiger partial charge in [-0.15, -0.1) is 0 Å². The number of carbonyl (C=O) groups is 1. The van der Waals surface area contributed by atoms with E-state index in [0.717, 1.165) is 5.56 Å². The van der Waals surface area contributed by atoms with Crippen molar-refractivity contribution in [2.24, 2.45) is 7.05 Å². The summed E-state index contributed by atoms with van der Waals surface area (Å²) < 4.78 is 1.64. The van der Waals surface area contributed by atoms with Crippen LogP contribution in [0, 0.1) is 0 Å². The fraction of sp³-hybridized carbons (Fsp3) is 0.286. The van der Waals surface area contributed by atoms with Gasteiger partial charge in [0.25, 0.3) is 0 Å². The largest absolute Gasteiger partial charge is 0.399 e. The molecule has 1 amide bonds. The number of aromatic nitrogens is 2. The Hall–Kier alpha value is -2.30. The number of anilines is 2. The quantitative estimate of drug-likeness (QED) is 0.826. The lowest BCUT2D eigenvalue weighted by atomic mass is 9.83. The lowest BCUT2D eigenvalue weighted by Crippen LogP contribution is -2.34. The third-order valence-corrected chi connectivity index (χ3v) is 3.16. The highest BCUT2D eigenvalue weighted by atomic mass is 16.2. The van der Waals surface area contributed by atoms with Gasteiger partial charge in [0.05, 0.1) is 5.41 Å². The molecule has 100 valence electrons. The molecule has 0 fully saturated rings. The van der Waals surface area contributed by atoms with Gasteiger partial charge in [-0.3, -0.25) is 9.48 Å². The van der Waals surface area contributed by atoms with Gasteiger partial charge in [0.2, 0.25) is 5.91 Å². The van der Waals surface area contributed by atoms with Crippen LogP contribution < -0.4 is 11.1 Å². The van der Waals surface area contributed by atoms with Gasteiger partial charge in [-0.25, -0.2) is 0 Å². The van der Waals surface area contributed by atoms with Gasteiger partial charge in [-0.05, 0) is 31.5 Å². The van der Waals surface area contributed by atoms with Crippen molar-refractivity contribution in [1.29, 1.82) is 0 Å². The minimum atomic E-state index is -0.648. The van der Waals surface area contributed by atoms with Gasteiger partial charge < -0.3 is 11.1 Å². The molecule has 0 aliphatic carbocycles. The number of benzene rings is 1. The van der Waals surface area contributed by atoms with Gasteiger partial charge in [-0.2, -0.15) is 5.10 Å². The Morgan fingerprint density at radius 3 is 2.42 bits per heavy atom. The average Bonchev–Trinajstić information content (AvgIpc) is 2.75. The summed E-state index contributed by atoms with van der Waals surface area (Å²) in [4.78, 5) is 12.3. The van der Waals surface area contributed by atoms with Gasteiger partial charge in [0, 0.05) is 25.0 Å². The lowest BCUT2D eigenvalue weighted by Gasteiger charge is -2.23. The van der Waals surface area contributed by atoms with Gasteiger partial charge in [0.1, 0.15) is 0 Å². The molecule has 0 bridgehead atoms. The summed E-state index contributed by atoms with van der Waals surface area (Å²) in [6, 6.07) is 9.09. The molecule has 0 aliphatic rings. The first-order chi connectivity index (χ1) is 8.89. The summed E-state index contributed by atoms with van der Waals surface area (Å²) in [6.45, 7) is 3.74. The van der Waals surface area contributed by atoms with Crippen LogP contribution in [-0.2, 0) is 17.3 Å². The molecule has 19 heavy (non-hydrogen) atoms. The molecule has 2 rings (SSSR count). The Morgan fingerprint density at radius 1 is 1.26 bits per heavy atom. The molecule has 5 heteroatoms. The zero-order valence-corrected chi connectivity index (χ0v) is 11.3. The number of nitrogens with one attached hydrogen (secondary N) is 1. The number of nitrogens with two attached hydrogens (primary N) is 1. The number of aryl methyl sites for hydroxylation is 1. The molecule has 0 saturated carbocycles. The Labute approximate surface area is 112 Å². The molecule has 0 saturated heterocycles. The Bertz CT molecular complexity index is 584. The van der Waals surface area contributed by atoms with E-state index in [9.17, 15) is 4.79 Å². The number of carbonyl (C=O) groups excluding carboxylic acids is 1. The monoisotopic (exact) mass is 258 g/mol. The van der Waals surface area contributed by atoms with E-state index in [1.807, 2.05) is 26.0 Å². The van der Waals surface area contributed by atoms with Gasteiger partial charge >= 0.3 is 0 Å². The SMILES string of the molecule is Cn1ccc(NC(=O)C(C)(C)c2ccc(N)cc2)n1. The van der Waals surface area contributed by atoms with E-state index in [2.05, 4.69) is 10.4 Å². The highest BCUT2D eigenvalue weighted by Crippen LogP contribution is 2.25. The predicted octanol–water partition coefficient (Wildman–Crippen LogP) is 1.92. The average molecular weight is 258 g/mol. The smallest absolute Gasteiger partial charge is 0.235 e. The van der Waals surface area contributed by atoms with Gasteiger partial charge in [-0.1, -0.05) is 12.1 Å². The summed E-state index contributed by atoms with van der Waals surface area (Å²) in [7, 11) is 1.81. The van der Waals surface area contributed by atoms with E-state index >= 15 is 0 Å². The van der Waals surface area contributed by atoms with Crippen LogP contribution in [-0.4, -0.2) is 15.7 Å². The van der Waals surface area contributed by atoms with Crippen molar-refractivity contribution in [2.45, 2.75) is 19.3 Å². The van der Waals surface area contributed by atoms with E-state index in [4.69, 9.17) is 5.73 Å². The van der Waals surface area contributed by atoms with E-state index in [1.54, 1.807) is 36.1 Å². The van der Waals surface area contributed by atoms with Crippen molar-refractivity contribution < 1.29 is 4.79 Å². The fourth-order valence-corrected chi connectivity index (χ4v) is 1.79. The number of amides is 1. The minimum Gasteiger partial charge on any atom is -0.399 e. The third kappa shape index (κ3) is 2.76. The number of hydrogen-bond acceptors (Lipinski definition) is 3. The molecule has 0 radical (unpaired) electrons. The van der Waals surface area contributed by atoms with E-state index in [1.165, 1.54) is 0 Å². The minimum absolute atomic E-state index is 0.101. The first-order valence-electron chi connectivity index (χ1n) is 6.07. The fourth-order valence-electron chi connectivity index (χ4n) is 1.79. The predicted molar refractivity (Wildman–Crippen MR) is 75.7 cm³/mol. The second-order valence-electron chi connectivity index (χ2n) is 5.08. The molecular weight excluding hydrogens is 240 g/mol. The Morgan fingerprint density at radius 2 is 1.89 bits per heavy atom. The van der Waals surface area contributed by atoms with E-state index in [0.29, 0.717) is 11.5 Å². The van der Waals surface area contributed by atoms with Crippen molar-refractivity contribution >= 4 is 17.4 Å². The standard InChI is InChI=1S/C14H18N4O/c1-14(2,10-4-6-11(15)7-5-10)13(19)16-12-8-9-18(3)17-12/h4-9H,15H2,1-3H3,(H,16,17,19). The topological polar surface area (TPSA) is 72.9 Å². The molecular formula is C14H18N4O. The van der Waals surface area contributed by atoms with Crippen molar-refractivity contribution in [3.63, 3.8) is 0 Å². The maximum Gasteiger partial charge on any atom is 0.235 e. The van der Waals surface area contributed by atoms with Crippen LogP contribution in [0.25, 0.3) is 0 Å². The van der Waals surface area contributed by atoms with Crippen LogP contribution in [0.3, 0.4) is 0 Å². The number of rotatable bonds is 3. The second kappa shape index (κ2) is 4.76. The van der Waals surface area contributed by atoms with Crippen molar-refractivity contribution in [3.05, 3.63) is 42.1 Å². The summed E-state index contributed by atoms with van der Waals surface area (Å²) in [5, 5.41) is 6.95. The number of hydrogen-bond donors (Lipinski definition) is 2. The molecule has 3 N–H and O–H groups in total. The molecule has 0 spiro atoms. The van der Waals surface area contributed by atoms with Crippen molar-refractivity contribution in [1.82, 2.24) is 9.78 Å². The van der Waals surface area contributed by atoms with Gasteiger partial charge in [0.15, 0.2) is 5.82 Å². The van der Waals surface area contributed by atoms with Crippen LogP contribution in [0.4, 0.5) is 11.5 Å². The zero-order valence-electron chi connectivity index (χ0n) is 11.3. The summed E-state index contributed by atoms with van der Waals surface area (Å²) >= 11 is 0. The maximum atomic E-state index is 12.3. The Kier molecular flexibility index (Phi) is 3.29. The lowest BCUT2D eigenvalue weighted by molar-refractivity contribution is -0.120. The molecule has 5 nitrogen and oxygen atoms in total. The third-order valence-electron chi connectivity index (χ3n) is 3.16. The van der Waals surface area contributed by atoms with Crippen molar-refractivity contribution in [2.75, 3.05) is 11.1 Å². The van der Waals surface area contributed by atoms with E-state index < -0.39 is 5.41 Å².